The highest BCUT2D eigenvalue weighted by Crippen LogP contribution is 2.36. The van der Waals surface area contributed by atoms with Crippen molar-refractivity contribution in [1.82, 2.24) is 14.8 Å². The fourth-order valence-electron chi connectivity index (χ4n) is 2.31. The van der Waals surface area contributed by atoms with Crippen molar-refractivity contribution in [3.63, 3.8) is 0 Å². The molecule has 0 saturated carbocycles. The number of pyridine rings is 1. The fraction of sp³-hybridized carbons (Fsp3) is 0.133. The molecule has 0 radical (unpaired) electrons. The number of fused-ring (bicyclic) bond motifs is 1. The van der Waals surface area contributed by atoms with Crippen LogP contribution in [-0.4, -0.2) is 14.8 Å². The van der Waals surface area contributed by atoms with E-state index in [1.807, 2.05) is 6.07 Å². The summed E-state index contributed by atoms with van der Waals surface area (Å²) in [7, 11) is 1.52. The quantitative estimate of drug-likeness (QED) is 0.699. The van der Waals surface area contributed by atoms with E-state index in [0.717, 1.165) is 12.3 Å². The zero-order valence-electron chi connectivity index (χ0n) is 11.9. The lowest BCUT2D eigenvalue weighted by molar-refractivity contribution is -0.136. The standard InChI is InChI=1S/C15H10F3N5/c1-23-14-10(7-21-23)11(15(16,17)18)5-13(22-14)8-2-3-12(20)9(4-8)6-19/h2-5,7H,20H2,1H3. The number of aromatic nitrogens is 3. The van der Waals surface area contributed by atoms with Crippen LogP contribution in [0.2, 0.25) is 0 Å². The predicted molar refractivity (Wildman–Crippen MR) is 78.1 cm³/mol. The molecule has 0 saturated heterocycles. The molecule has 0 bridgehead atoms. The third-order valence-corrected chi connectivity index (χ3v) is 3.48. The zero-order valence-corrected chi connectivity index (χ0v) is 11.9. The van der Waals surface area contributed by atoms with E-state index in [2.05, 4.69) is 10.1 Å². The molecule has 2 N–H and O–H groups in total. The summed E-state index contributed by atoms with van der Waals surface area (Å²) in [6.45, 7) is 0. The van der Waals surface area contributed by atoms with Crippen LogP contribution in [0.1, 0.15) is 11.1 Å². The highest BCUT2D eigenvalue weighted by Gasteiger charge is 2.34. The van der Waals surface area contributed by atoms with Gasteiger partial charge in [-0.15, -0.1) is 0 Å². The Hall–Kier alpha value is -3.08. The largest absolute Gasteiger partial charge is 0.417 e. The van der Waals surface area contributed by atoms with Gasteiger partial charge in [-0.1, -0.05) is 6.07 Å². The topological polar surface area (TPSA) is 80.5 Å². The van der Waals surface area contributed by atoms with Gasteiger partial charge in [0, 0.05) is 18.3 Å². The predicted octanol–water partition coefficient (Wildman–Crippen LogP) is 3.11. The SMILES string of the molecule is Cn1ncc2c(C(F)(F)F)cc(-c3ccc(N)c(C#N)c3)nc21. The number of hydrogen-bond donors (Lipinski definition) is 1. The summed E-state index contributed by atoms with van der Waals surface area (Å²) < 4.78 is 41.2. The first-order chi connectivity index (χ1) is 10.8. The van der Waals surface area contributed by atoms with Gasteiger partial charge >= 0.3 is 6.18 Å². The second kappa shape index (κ2) is 4.98. The monoisotopic (exact) mass is 317 g/mol. The summed E-state index contributed by atoms with van der Waals surface area (Å²) in [6, 6.07) is 7.27. The van der Waals surface area contributed by atoms with Gasteiger partial charge in [0.2, 0.25) is 0 Å². The Morgan fingerprint density at radius 2 is 2.00 bits per heavy atom. The summed E-state index contributed by atoms with van der Waals surface area (Å²) in [4.78, 5) is 4.23. The Kier molecular flexibility index (Phi) is 3.21. The minimum Gasteiger partial charge on any atom is -0.398 e. The minimum absolute atomic E-state index is 0.0697. The number of rotatable bonds is 1. The Bertz CT molecular complexity index is 950. The Balaban J connectivity index is 2.31. The van der Waals surface area contributed by atoms with Crippen LogP contribution >= 0.6 is 0 Å². The number of hydrogen-bond acceptors (Lipinski definition) is 4. The number of nitrogens with two attached hydrogens (primary N) is 1. The molecule has 0 unspecified atom stereocenters. The van der Waals surface area contributed by atoms with E-state index in [9.17, 15) is 13.2 Å². The van der Waals surface area contributed by atoms with Gasteiger partial charge in [0.25, 0.3) is 0 Å². The first-order valence-electron chi connectivity index (χ1n) is 6.51. The van der Waals surface area contributed by atoms with Crippen molar-refractivity contribution in [3.05, 3.63) is 41.6 Å². The Morgan fingerprint density at radius 3 is 2.65 bits per heavy atom. The number of nitrogen functional groups attached to an aromatic ring is 1. The molecule has 2 heterocycles. The van der Waals surface area contributed by atoms with E-state index in [0.29, 0.717) is 5.56 Å². The van der Waals surface area contributed by atoms with Crippen LogP contribution in [0.15, 0.2) is 30.5 Å². The summed E-state index contributed by atoms with van der Waals surface area (Å²) in [5, 5.41) is 12.8. The summed E-state index contributed by atoms with van der Waals surface area (Å²) in [5.74, 6) is 0. The molecule has 2 aromatic heterocycles. The van der Waals surface area contributed by atoms with Crippen LogP contribution in [0, 0.1) is 11.3 Å². The number of alkyl halides is 3. The molecule has 0 aliphatic heterocycles. The maximum atomic E-state index is 13.3. The van der Waals surface area contributed by atoms with Crippen LogP contribution < -0.4 is 5.73 Å². The number of nitrogens with zero attached hydrogens (tertiary/aromatic N) is 4. The van der Waals surface area contributed by atoms with Crippen LogP contribution in [0.4, 0.5) is 18.9 Å². The second-order valence-corrected chi connectivity index (χ2v) is 4.97. The van der Waals surface area contributed by atoms with Crippen LogP contribution in [-0.2, 0) is 13.2 Å². The van der Waals surface area contributed by atoms with Crippen LogP contribution in [0.5, 0.6) is 0 Å². The molecule has 0 amide bonds. The molecule has 8 heteroatoms. The molecule has 1 aromatic carbocycles. The van der Waals surface area contributed by atoms with Crippen molar-refractivity contribution >= 4 is 16.7 Å². The number of nitriles is 1. The third kappa shape index (κ3) is 2.46. The molecule has 0 atom stereocenters. The van der Waals surface area contributed by atoms with Crippen molar-refractivity contribution in [3.8, 4) is 17.3 Å². The minimum atomic E-state index is -4.54. The van der Waals surface area contributed by atoms with Gasteiger partial charge < -0.3 is 5.73 Å². The summed E-state index contributed by atoms with van der Waals surface area (Å²) >= 11 is 0. The van der Waals surface area contributed by atoms with Crippen LogP contribution in [0.25, 0.3) is 22.3 Å². The van der Waals surface area contributed by atoms with Gasteiger partial charge in [0.05, 0.1) is 28.4 Å². The van der Waals surface area contributed by atoms with E-state index in [4.69, 9.17) is 11.0 Å². The average molecular weight is 317 g/mol. The Morgan fingerprint density at radius 1 is 1.26 bits per heavy atom. The molecular weight excluding hydrogens is 307 g/mol. The average Bonchev–Trinajstić information content (AvgIpc) is 2.87. The van der Waals surface area contributed by atoms with Gasteiger partial charge in [-0.3, -0.25) is 4.68 Å². The van der Waals surface area contributed by atoms with Gasteiger partial charge in [0.1, 0.15) is 6.07 Å². The van der Waals surface area contributed by atoms with Crippen LogP contribution in [0.3, 0.4) is 0 Å². The summed E-state index contributed by atoms with van der Waals surface area (Å²) in [5.41, 5.74) is 5.86. The lowest BCUT2D eigenvalue weighted by atomic mass is 10.0. The van der Waals surface area contributed by atoms with Gasteiger partial charge in [-0.25, -0.2) is 4.98 Å². The normalized spacial score (nSPS) is 11.6. The fourth-order valence-corrected chi connectivity index (χ4v) is 2.31. The van der Waals surface area contributed by atoms with Crippen molar-refractivity contribution < 1.29 is 13.2 Å². The first-order valence-corrected chi connectivity index (χ1v) is 6.51. The molecule has 0 spiro atoms. The lowest BCUT2D eigenvalue weighted by Crippen LogP contribution is -2.07. The molecule has 0 aliphatic rings. The van der Waals surface area contributed by atoms with Crippen molar-refractivity contribution in [2.45, 2.75) is 6.18 Å². The number of aryl methyl sites for hydroxylation is 1. The molecule has 5 nitrogen and oxygen atoms in total. The lowest BCUT2D eigenvalue weighted by Gasteiger charge is -2.11. The van der Waals surface area contributed by atoms with E-state index in [1.54, 1.807) is 0 Å². The van der Waals surface area contributed by atoms with Gasteiger partial charge in [0.15, 0.2) is 5.65 Å². The molecule has 3 rings (SSSR count). The maximum Gasteiger partial charge on any atom is 0.417 e. The van der Waals surface area contributed by atoms with E-state index in [-0.39, 0.29) is 28.0 Å². The van der Waals surface area contributed by atoms with Gasteiger partial charge in [-0.2, -0.15) is 23.5 Å². The van der Waals surface area contributed by atoms with Crippen molar-refractivity contribution in [1.29, 1.82) is 5.26 Å². The van der Waals surface area contributed by atoms with E-state index in [1.165, 1.54) is 29.9 Å². The highest BCUT2D eigenvalue weighted by molar-refractivity contribution is 5.83. The van der Waals surface area contributed by atoms with Crippen molar-refractivity contribution in [2.24, 2.45) is 7.05 Å². The van der Waals surface area contributed by atoms with Gasteiger partial charge in [-0.05, 0) is 18.2 Å². The zero-order chi connectivity index (χ0) is 16.8. The number of halogens is 3. The highest BCUT2D eigenvalue weighted by atomic mass is 19.4. The smallest absolute Gasteiger partial charge is 0.398 e. The first kappa shape index (κ1) is 14.8. The molecule has 0 fully saturated rings. The van der Waals surface area contributed by atoms with Crippen molar-refractivity contribution in [2.75, 3.05) is 5.73 Å². The molecule has 0 aliphatic carbocycles. The molecule has 3 aromatic rings. The Labute approximate surface area is 128 Å². The van der Waals surface area contributed by atoms with E-state index >= 15 is 0 Å². The number of benzene rings is 1. The number of anilines is 1. The summed E-state index contributed by atoms with van der Waals surface area (Å²) in [6.07, 6.45) is -3.40. The molecule has 23 heavy (non-hydrogen) atoms. The molecular formula is C15H10F3N5. The second-order valence-electron chi connectivity index (χ2n) is 4.97. The van der Waals surface area contributed by atoms with E-state index < -0.39 is 11.7 Å². The maximum absolute atomic E-state index is 13.3. The molecule has 116 valence electrons. The third-order valence-electron chi connectivity index (χ3n) is 3.48.